The third-order valence-corrected chi connectivity index (χ3v) is 2.44. The van der Waals surface area contributed by atoms with Crippen LogP contribution in [0.1, 0.15) is 13.3 Å². The number of nitrogens with two attached hydrogens (primary N) is 1. The molecular formula is C8H14N4O9. The van der Waals surface area contributed by atoms with E-state index in [-0.39, 0.29) is 6.42 Å². The highest BCUT2D eigenvalue weighted by atomic mass is 17.0. The molecule has 120 valence electrons. The Morgan fingerprint density at radius 1 is 1.38 bits per heavy atom. The Kier molecular flexibility index (Phi) is 6.78. The van der Waals surface area contributed by atoms with E-state index >= 15 is 0 Å². The quantitative estimate of drug-likeness (QED) is 0.232. The summed E-state index contributed by atoms with van der Waals surface area (Å²) in [7, 11) is 0. The Morgan fingerprint density at radius 3 is 2.33 bits per heavy atom. The number of carbonyl (C=O) groups excluding carboxylic acids is 1. The van der Waals surface area contributed by atoms with E-state index in [9.17, 15) is 29.8 Å². The summed E-state index contributed by atoms with van der Waals surface area (Å²) in [6.07, 6.45) is -1.73. The predicted octanol–water partition coefficient (Wildman–Crippen LogP) is -1.92. The van der Waals surface area contributed by atoms with Gasteiger partial charge in [-0.2, -0.15) is 0 Å². The number of nitrogens with one attached hydrogen (secondary N) is 1. The number of carboxylic acid groups (broad SMARTS) is 1. The van der Waals surface area contributed by atoms with Crippen molar-refractivity contribution >= 4 is 11.9 Å². The van der Waals surface area contributed by atoms with Gasteiger partial charge in [-0.25, -0.2) is 4.79 Å². The lowest BCUT2D eigenvalue weighted by molar-refractivity contribution is -0.789. The average molecular weight is 310 g/mol. The van der Waals surface area contributed by atoms with Crippen molar-refractivity contribution < 1.29 is 34.5 Å². The first kappa shape index (κ1) is 18.3. The molecule has 0 aliphatic rings. The second-order valence-corrected chi connectivity index (χ2v) is 3.81. The molecule has 0 aromatic heterocycles. The van der Waals surface area contributed by atoms with Gasteiger partial charge in [-0.05, 0) is 6.42 Å². The maximum atomic E-state index is 11.6. The number of amides is 1. The first-order chi connectivity index (χ1) is 9.63. The second kappa shape index (κ2) is 7.78. The summed E-state index contributed by atoms with van der Waals surface area (Å²) in [5, 5.41) is 28.6. The molecule has 0 saturated heterocycles. The van der Waals surface area contributed by atoms with Crippen LogP contribution in [0.15, 0.2) is 0 Å². The van der Waals surface area contributed by atoms with Crippen molar-refractivity contribution in [3.63, 3.8) is 0 Å². The zero-order valence-corrected chi connectivity index (χ0v) is 10.9. The van der Waals surface area contributed by atoms with Gasteiger partial charge < -0.3 is 25.8 Å². The standard InChI is InChI=1S/C8H14N4O9/c1-2-8(9,7(14)15)6(13)10-3-5(21-12(18)19)4-20-11(16)17/h5H,2-4,9H2,1H3,(H,10,13)(H,14,15)/t5-,8?/m0/s1. The van der Waals surface area contributed by atoms with Crippen molar-refractivity contribution in [2.75, 3.05) is 13.2 Å². The Bertz CT molecular complexity index is 428. The third-order valence-electron chi connectivity index (χ3n) is 2.44. The maximum absolute atomic E-state index is 11.6. The first-order valence-corrected chi connectivity index (χ1v) is 5.52. The summed E-state index contributed by atoms with van der Waals surface area (Å²) in [6.45, 7) is -0.0700. The topological polar surface area (TPSA) is 197 Å². The van der Waals surface area contributed by atoms with Gasteiger partial charge in [-0.1, -0.05) is 6.92 Å². The van der Waals surface area contributed by atoms with Crippen LogP contribution in [0.25, 0.3) is 0 Å². The molecule has 0 spiro atoms. The van der Waals surface area contributed by atoms with Crippen molar-refractivity contribution in [3.05, 3.63) is 20.2 Å². The molecule has 0 radical (unpaired) electrons. The Hall–Kier alpha value is -2.70. The van der Waals surface area contributed by atoms with Crippen LogP contribution in [0.2, 0.25) is 0 Å². The van der Waals surface area contributed by atoms with E-state index in [1.165, 1.54) is 6.92 Å². The first-order valence-electron chi connectivity index (χ1n) is 5.52. The van der Waals surface area contributed by atoms with Crippen molar-refractivity contribution in [3.8, 4) is 0 Å². The predicted molar refractivity (Wildman–Crippen MR) is 62.7 cm³/mol. The molecule has 0 heterocycles. The molecule has 21 heavy (non-hydrogen) atoms. The fourth-order valence-corrected chi connectivity index (χ4v) is 1.17. The van der Waals surface area contributed by atoms with Gasteiger partial charge >= 0.3 is 5.97 Å². The van der Waals surface area contributed by atoms with Crippen molar-refractivity contribution in [1.29, 1.82) is 0 Å². The maximum Gasteiger partial charge on any atom is 0.333 e. The minimum atomic E-state index is -2.22. The summed E-state index contributed by atoms with van der Waals surface area (Å²) in [4.78, 5) is 50.7. The summed E-state index contributed by atoms with van der Waals surface area (Å²) in [5.74, 6) is -2.70. The molecule has 4 N–H and O–H groups in total. The lowest BCUT2D eigenvalue weighted by Crippen LogP contribution is -2.60. The summed E-state index contributed by atoms with van der Waals surface area (Å²) >= 11 is 0. The van der Waals surface area contributed by atoms with Crippen LogP contribution in [-0.4, -0.2) is 52.0 Å². The minimum absolute atomic E-state index is 0.236. The fraction of sp³-hybridized carbons (Fsp3) is 0.750. The smallest absolute Gasteiger partial charge is 0.333 e. The van der Waals surface area contributed by atoms with E-state index in [1.54, 1.807) is 0 Å². The minimum Gasteiger partial charge on any atom is -0.479 e. The van der Waals surface area contributed by atoms with E-state index in [0.717, 1.165) is 0 Å². The van der Waals surface area contributed by atoms with Gasteiger partial charge in [-0.15, -0.1) is 20.2 Å². The molecule has 13 heteroatoms. The highest BCUT2D eigenvalue weighted by Crippen LogP contribution is 2.07. The van der Waals surface area contributed by atoms with Crippen LogP contribution < -0.4 is 11.1 Å². The van der Waals surface area contributed by atoms with Crippen LogP contribution in [0.3, 0.4) is 0 Å². The fourth-order valence-electron chi connectivity index (χ4n) is 1.17. The Morgan fingerprint density at radius 2 is 1.95 bits per heavy atom. The third kappa shape index (κ3) is 5.85. The molecule has 0 saturated carbocycles. The lowest BCUT2D eigenvalue weighted by atomic mass is 9.96. The molecule has 0 aromatic rings. The molecule has 1 amide bonds. The van der Waals surface area contributed by atoms with Crippen molar-refractivity contribution in [1.82, 2.24) is 5.32 Å². The normalized spacial score (nSPS) is 14.4. The number of carboxylic acids is 1. The number of hydrogen-bond donors (Lipinski definition) is 3. The lowest BCUT2D eigenvalue weighted by Gasteiger charge is -2.23. The largest absolute Gasteiger partial charge is 0.479 e. The SMILES string of the molecule is CCC(N)(C(=O)O)C(=O)NC[C@@H](CO[N+](=O)[O-])O[N+](=O)[O-]. The molecule has 2 atom stereocenters. The van der Waals surface area contributed by atoms with Gasteiger partial charge in [-0.3, -0.25) is 4.79 Å². The summed E-state index contributed by atoms with van der Waals surface area (Å²) in [5.41, 5.74) is 3.15. The zero-order chi connectivity index (χ0) is 16.6. The van der Waals surface area contributed by atoms with Gasteiger partial charge in [0.2, 0.25) is 0 Å². The average Bonchev–Trinajstić information content (AvgIpc) is 2.39. The molecule has 0 aliphatic heterocycles. The monoisotopic (exact) mass is 310 g/mol. The van der Waals surface area contributed by atoms with E-state index in [4.69, 9.17) is 10.8 Å². The van der Waals surface area contributed by atoms with Gasteiger partial charge in [0.1, 0.15) is 12.7 Å². The molecule has 0 aliphatic carbocycles. The van der Waals surface area contributed by atoms with Gasteiger partial charge in [0.05, 0.1) is 0 Å². The second-order valence-electron chi connectivity index (χ2n) is 3.81. The number of hydrogen-bond acceptors (Lipinski definition) is 9. The molecule has 0 aromatic carbocycles. The highest BCUT2D eigenvalue weighted by Gasteiger charge is 2.40. The van der Waals surface area contributed by atoms with Crippen LogP contribution in [-0.2, 0) is 19.3 Å². The summed E-state index contributed by atoms with van der Waals surface area (Å²) < 4.78 is 0. The molecule has 0 bridgehead atoms. The van der Waals surface area contributed by atoms with E-state index in [0.29, 0.717) is 0 Å². The van der Waals surface area contributed by atoms with Crippen LogP contribution in [0.5, 0.6) is 0 Å². The van der Waals surface area contributed by atoms with Crippen molar-refractivity contribution in [2.45, 2.75) is 25.0 Å². The molecular weight excluding hydrogens is 296 g/mol. The van der Waals surface area contributed by atoms with Gasteiger partial charge in [0.25, 0.3) is 16.1 Å². The Labute approximate surface area is 117 Å². The molecule has 0 rings (SSSR count). The molecule has 1 unspecified atom stereocenters. The summed E-state index contributed by atoms with van der Waals surface area (Å²) in [6, 6.07) is 0. The molecule has 13 nitrogen and oxygen atoms in total. The van der Waals surface area contributed by atoms with E-state index in [2.05, 4.69) is 9.68 Å². The van der Waals surface area contributed by atoms with E-state index in [1.807, 2.05) is 5.32 Å². The Balaban J connectivity index is 4.65. The van der Waals surface area contributed by atoms with Crippen LogP contribution in [0.4, 0.5) is 0 Å². The highest BCUT2D eigenvalue weighted by molar-refractivity contribution is 6.06. The van der Waals surface area contributed by atoms with Gasteiger partial charge in [0, 0.05) is 6.54 Å². The molecule has 0 fully saturated rings. The van der Waals surface area contributed by atoms with Crippen LogP contribution in [0, 0.1) is 20.2 Å². The zero-order valence-electron chi connectivity index (χ0n) is 10.9. The van der Waals surface area contributed by atoms with Crippen LogP contribution >= 0.6 is 0 Å². The van der Waals surface area contributed by atoms with E-state index < -0.39 is 46.8 Å². The number of aliphatic carboxylic acids is 1. The van der Waals surface area contributed by atoms with Gasteiger partial charge in [0.15, 0.2) is 5.54 Å². The van der Waals surface area contributed by atoms with Crippen molar-refractivity contribution in [2.24, 2.45) is 5.73 Å². The number of rotatable bonds is 10. The number of nitrogens with zero attached hydrogens (tertiary/aromatic N) is 2. The number of carbonyl (C=O) groups is 2.